The Bertz CT molecular complexity index is 317. The van der Waals surface area contributed by atoms with Crippen LogP contribution < -0.4 is 9.55 Å². The summed E-state index contributed by atoms with van der Waals surface area (Å²) in [6.07, 6.45) is 1.45. The van der Waals surface area contributed by atoms with E-state index in [4.69, 9.17) is 10.0 Å². The summed E-state index contributed by atoms with van der Waals surface area (Å²) in [4.78, 5) is 5.98. The third-order valence-corrected chi connectivity index (χ3v) is 1.69. The summed E-state index contributed by atoms with van der Waals surface area (Å²) in [6.45, 7) is 1.87. The minimum Gasteiger partial charge on any atom is -0.511 e. The quantitative estimate of drug-likeness (QED) is 0.655. The van der Waals surface area contributed by atoms with Gasteiger partial charge in [0, 0.05) is 14.1 Å². The van der Waals surface area contributed by atoms with Crippen molar-refractivity contribution < 1.29 is 14.7 Å². The van der Waals surface area contributed by atoms with Gasteiger partial charge in [-0.15, -0.1) is 0 Å². The van der Waals surface area contributed by atoms with Gasteiger partial charge >= 0.3 is 7.32 Å². The number of pyridine rings is 1. The second-order valence-corrected chi connectivity index (χ2v) is 3.15. The molecule has 0 spiro atoms. The molecule has 0 aromatic carbocycles. The zero-order chi connectivity index (χ0) is 10.7. The van der Waals surface area contributed by atoms with Crippen LogP contribution >= 0.6 is 0 Å². The van der Waals surface area contributed by atoms with Gasteiger partial charge in [-0.05, 0) is 18.6 Å². The van der Waals surface area contributed by atoms with Gasteiger partial charge in [0.25, 0.3) is 0 Å². The Kier molecular flexibility index (Phi) is 3.32. The fourth-order valence-corrected chi connectivity index (χ4v) is 1.20. The van der Waals surface area contributed by atoms with Crippen molar-refractivity contribution in [2.75, 3.05) is 19.0 Å². The summed E-state index contributed by atoms with van der Waals surface area (Å²) in [5.74, 6) is 1.16. The molecular weight excluding hydrogens is 183 g/mol. The molecule has 1 aromatic rings. The number of rotatable bonds is 3. The Morgan fingerprint density at radius 2 is 2.07 bits per heavy atom. The lowest BCUT2D eigenvalue weighted by Gasteiger charge is -2.14. The summed E-state index contributed by atoms with van der Waals surface area (Å²) in [5.41, 5.74) is 0.910. The molecule has 0 aliphatic rings. The van der Waals surface area contributed by atoms with Crippen molar-refractivity contribution >= 4 is 13.1 Å². The van der Waals surface area contributed by atoms with Crippen molar-refractivity contribution in [2.24, 2.45) is 0 Å². The van der Waals surface area contributed by atoms with E-state index in [0.717, 1.165) is 11.4 Å². The predicted octanol–water partition coefficient (Wildman–Crippen LogP) is -0.196. The van der Waals surface area contributed by atoms with Crippen molar-refractivity contribution in [3.05, 3.63) is 17.8 Å². The van der Waals surface area contributed by atoms with Crippen LogP contribution in [0, 0.1) is 6.92 Å². The third-order valence-electron chi connectivity index (χ3n) is 1.69. The second kappa shape index (κ2) is 4.30. The van der Waals surface area contributed by atoms with E-state index in [-0.39, 0.29) is 0 Å². The fourth-order valence-electron chi connectivity index (χ4n) is 1.20. The van der Waals surface area contributed by atoms with Crippen LogP contribution in [0.2, 0.25) is 0 Å². The predicted molar refractivity (Wildman–Crippen MR) is 54.1 cm³/mol. The lowest BCUT2D eigenvalue weighted by Crippen LogP contribution is -2.21. The molecule has 1 heterocycles. The van der Waals surface area contributed by atoms with Gasteiger partial charge in [-0.2, -0.15) is 0 Å². The molecule has 1 aromatic heterocycles. The highest BCUT2D eigenvalue weighted by atomic mass is 16.6. The van der Waals surface area contributed by atoms with Crippen LogP contribution in [0.25, 0.3) is 0 Å². The lowest BCUT2D eigenvalue weighted by atomic mass is 10.2. The molecule has 5 nitrogen and oxygen atoms in total. The lowest BCUT2D eigenvalue weighted by molar-refractivity contribution is 0.287. The van der Waals surface area contributed by atoms with Crippen LogP contribution in [0.5, 0.6) is 5.75 Å². The first kappa shape index (κ1) is 10.8. The molecule has 0 fully saturated rings. The number of hydrogen-bond donors (Lipinski definition) is 2. The number of aromatic nitrogens is 1. The SMILES string of the molecule is Cc1cc(OB(O)O)cnc1N(C)C. The Morgan fingerprint density at radius 1 is 1.43 bits per heavy atom. The van der Waals surface area contributed by atoms with Crippen LogP contribution in [0.1, 0.15) is 5.56 Å². The van der Waals surface area contributed by atoms with Crippen LogP contribution in [-0.4, -0.2) is 36.4 Å². The van der Waals surface area contributed by atoms with Gasteiger partial charge in [0.1, 0.15) is 11.6 Å². The highest BCUT2D eigenvalue weighted by molar-refractivity contribution is 6.33. The summed E-state index contributed by atoms with van der Waals surface area (Å²) < 4.78 is 4.66. The van der Waals surface area contributed by atoms with Crippen LogP contribution in [0.3, 0.4) is 0 Å². The number of aryl methyl sites for hydroxylation is 1. The number of hydrogen-bond acceptors (Lipinski definition) is 5. The van der Waals surface area contributed by atoms with E-state index < -0.39 is 7.32 Å². The zero-order valence-electron chi connectivity index (χ0n) is 8.43. The first-order valence-electron chi connectivity index (χ1n) is 4.17. The summed E-state index contributed by atoms with van der Waals surface area (Å²) in [6, 6.07) is 1.70. The maximum atomic E-state index is 8.57. The van der Waals surface area contributed by atoms with Crippen LogP contribution in [0.15, 0.2) is 12.3 Å². The van der Waals surface area contributed by atoms with Crippen molar-refractivity contribution in [3.63, 3.8) is 0 Å². The van der Waals surface area contributed by atoms with Gasteiger partial charge in [-0.1, -0.05) is 0 Å². The molecule has 2 N–H and O–H groups in total. The average molecular weight is 196 g/mol. The maximum Gasteiger partial charge on any atom is 0.707 e. The van der Waals surface area contributed by atoms with Crippen molar-refractivity contribution in [1.82, 2.24) is 4.98 Å². The zero-order valence-corrected chi connectivity index (χ0v) is 8.43. The molecule has 14 heavy (non-hydrogen) atoms. The first-order chi connectivity index (χ1) is 6.50. The molecule has 0 aliphatic heterocycles. The normalized spacial score (nSPS) is 9.79. The summed E-state index contributed by atoms with van der Waals surface area (Å²) in [7, 11) is 1.97. The van der Waals surface area contributed by atoms with Gasteiger partial charge in [-0.25, -0.2) is 4.98 Å². The molecule has 0 amide bonds. The first-order valence-corrected chi connectivity index (χ1v) is 4.17. The molecule has 6 heteroatoms. The molecule has 0 saturated heterocycles. The Morgan fingerprint density at radius 3 is 2.50 bits per heavy atom. The van der Waals surface area contributed by atoms with E-state index >= 15 is 0 Å². The molecule has 1 rings (SSSR count). The van der Waals surface area contributed by atoms with E-state index in [1.807, 2.05) is 25.9 Å². The molecular formula is C8H13BN2O3. The largest absolute Gasteiger partial charge is 0.707 e. The molecule has 0 saturated carbocycles. The Hall–Kier alpha value is -1.27. The topological polar surface area (TPSA) is 65.8 Å². The minimum absolute atomic E-state index is 0.336. The van der Waals surface area contributed by atoms with Gasteiger partial charge < -0.3 is 19.6 Å². The van der Waals surface area contributed by atoms with E-state index in [0.29, 0.717) is 5.75 Å². The van der Waals surface area contributed by atoms with Crippen molar-refractivity contribution in [3.8, 4) is 5.75 Å². The second-order valence-electron chi connectivity index (χ2n) is 3.15. The number of nitrogens with zero attached hydrogens (tertiary/aromatic N) is 2. The highest BCUT2D eigenvalue weighted by Crippen LogP contribution is 2.19. The van der Waals surface area contributed by atoms with E-state index in [1.54, 1.807) is 6.07 Å². The van der Waals surface area contributed by atoms with Crippen LogP contribution in [-0.2, 0) is 0 Å². The molecule has 0 bridgehead atoms. The monoisotopic (exact) mass is 196 g/mol. The maximum absolute atomic E-state index is 8.57. The van der Waals surface area contributed by atoms with Gasteiger partial charge in [0.15, 0.2) is 0 Å². The molecule has 0 radical (unpaired) electrons. The smallest absolute Gasteiger partial charge is 0.511 e. The highest BCUT2D eigenvalue weighted by Gasteiger charge is 2.12. The van der Waals surface area contributed by atoms with E-state index in [2.05, 4.69) is 9.64 Å². The molecule has 0 aliphatic carbocycles. The van der Waals surface area contributed by atoms with Gasteiger partial charge in [0.05, 0.1) is 6.20 Å². The summed E-state index contributed by atoms with van der Waals surface area (Å²) in [5, 5.41) is 17.1. The fraction of sp³-hybridized carbons (Fsp3) is 0.375. The molecule has 0 unspecified atom stereocenters. The third kappa shape index (κ3) is 2.61. The average Bonchev–Trinajstić information content (AvgIpc) is 2.01. The van der Waals surface area contributed by atoms with Crippen LogP contribution in [0.4, 0.5) is 5.82 Å². The standard InChI is InChI=1S/C8H13BN2O3/c1-6-4-7(14-9(12)13)5-10-8(6)11(2)3/h4-5,12-13H,1-3H3. The summed E-state index contributed by atoms with van der Waals surface area (Å²) >= 11 is 0. The van der Waals surface area contributed by atoms with Gasteiger partial charge in [0.2, 0.25) is 0 Å². The van der Waals surface area contributed by atoms with E-state index in [1.165, 1.54) is 6.20 Å². The Balaban J connectivity index is 2.89. The van der Waals surface area contributed by atoms with Crippen molar-refractivity contribution in [1.29, 1.82) is 0 Å². The van der Waals surface area contributed by atoms with Crippen molar-refractivity contribution in [2.45, 2.75) is 6.92 Å². The molecule has 76 valence electrons. The van der Waals surface area contributed by atoms with Gasteiger partial charge in [-0.3, -0.25) is 0 Å². The molecule has 0 atom stereocenters. The number of anilines is 1. The minimum atomic E-state index is -1.80. The van der Waals surface area contributed by atoms with E-state index in [9.17, 15) is 0 Å². The Labute approximate surface area is 83.1 Å².